The number of hydrogen-bond acceptors (Lipinski definition) is 2. The molecule has 0 amide bonds. The Balaban J connectivity index is 3.05. The van der Waals surface area contributed by atoms with Crippen LogP contribution in [0.1, 0.15) is 32.4 Å². The number of alkyl halides is 2. The highest BCUT2D eigenvalue weighted by Gasteiger charge is 2.35. The molecule has 0 aliphatic carbocycles. The Labute approximate surface area is 112 Å². The van der Waals surface area contributed by atoms with Gasteiger partial charge in [0.2, 0.25) is 0 Å². The van der Waals surface area contributed by atoms with Gasteiger partial charge in [0.15, 0.2) is 0 Å². The Kier molecular flexibility index (Phi) is 5.23. The van der Waals surface area contributed by atoms with E-state index >= 15 is 0 Å². The Morgan fingerprint density at radius 1 is 1.21 bits per heavy atom. The fourth-order valence-corrected chi connectivity index (χ4v) is 2.11. The van der Waals surface area contributed by atoms with Crippen molar-refractivity contribution < 1.29 is 22.1 Å². The van der Waals surface area contributed by atoms with Gasteiger partial charge in [-0.3, -0.25) is 0 Å². The highest BCUT2D eigenvalue weighted by molar-refractivity contribution is 7.90. The molecule has 1 aromatic rings. The first-order valence-corrected chi connectivity index (χ1v) is 6.69. The Hall–Kier alpha value is -0.790. The maximum Gasteiger partial charge on any atom is 0.262 e. The van der Waals surface area contributed by atoms with Crippen LogP contribution in [0.2, 0.25) is 0 Å². The number of benzene rings is 1. The molecular weight excluding hydrogens is 282 g/mol. The minimum atomic E-state index is -3.01. The SMILES string of the molecule is CC(C)(C)[S@@+]([O-])NC(c1cc(F)ccc1F)C(F)F. The van der Waals surface area contributed by atoms with E-state index in [0.717, 1.165) is 12.1 Å². The molecule has 0 heterocycles. The largest absolute Gasteiger partial charge is 0.598 e. The van der Waals surface area contributed by atoms with Crippen molar-refractivity contribution in [1.29, 1.82) is 0 Å². The summed E-state index contributed by atoms with van der Waals surface area (Å²) in [5.41, 5.74) is -0.535. The monoisotopic (exact) mass is 297 g/mol. The van der Waals surface area contributed by atoms with Crippen LogP contribution in [0.4, 0.5) is 17.6 Å². The second-order valence-electron chi connectivity index (χ2n) is 4.98. The van der Waals surface area contributed by atoms with Crippen LogP contribution < -0.4 is 4.72 Å². The van der Waals surface area contributed by atoms with Gasteiger partial charge in [0, 0.05) is 16.9 Å². The topological polar surface area (TPSA) is 35.1 Å². The molecule has 0 aromatic heterocycles. The molecule has 2 nitrogen and oxygen atoms in total. The second kappa shape index (κ2) is 6.11. The molecule has 1 aromatic carbocycles. The number of halogens is 4. The lowest BCUT2D eigenvalue weighted by Crippen LogP contribution is -2.43. The predicted molar refractivity (Wildman–Crippen MR) is 66.1 cm³/mol. The summed E-state index contributed by atoms with van der Waals surface area (Å²) in [4.78, 5) is 0. The van der Waals surface area contributed by atoms with E-state index in [1.807, 2.05) is 0 Å². The first-order valence-electron chi connectivity index (χ1n) is 5.54. The summed E-state index contributed by atoms with van der Waals surface area (Å²) in [5, 5.41) is 0. The van der Waals surface area contributed by atoms with Gasteiger partial charge in [-0.25, -0.2) is 17.6 Å². The molecule has 1 unspecified atom stereocenters. The van der Waals surface area contributed by atoms with Gasteiger partial charge in [-0.15, -0.1) is 4.72 Å². The van der Waals surface area contributed by atoms with Crippen molar-refractivity contribution >= 4 is 11.4 Å². The van der Waals surface area contributed by atoms with Crippen molar-refractivity contribution in [2.45, 2.75) is 38.0 Å². The molecule has 7 heteroatoms. The molecule has 0 radical (unpaired) electrons. The third-order valence-corrected chi connectivity index (χ3v) is 3.92. The van der Waals surface area contributed by atoms with Crippen molar-refractivity contribution in [2.24, 2.45) is 0 Å². The summed E-state index contributed by atoms with van der Waals surface area (Å²) >= 11 is -1.82. The highest BCUT2D eigenvalue weighted by Crippen LogP contribution is 2.27. The third-order valence-electron chi connectivity index (χ3n) is 2.34. The molecule has 0 aliphatic rings. The van der Waals surface area contributed by atoms with Crippen LogP contribution in [-0.4, -0.2) is 15.7 Å². The van der Waals surface area contributed by atoms with Crippen LogP contribution in [0.15, 0.2) is 18.2 Å². The quantitative estimate of drug-likeness (QED) is 0.683. The van der Waals surface area contributed by atoms with Crippen LogP contribution in [0.25, 0.3) is 0 Å². The van der Waals surface area contributed by atoms with E-state index in [4.69, 9.17) is 0 Å². The predicted octanol–water partition coefficient (Wildman–Crippen LogP) is 3.32. The van der Waals surface area contributed by atoms with E-state index in [2.05, 4.69) is 4.72 Å². The fraction of sp³-hybridized carbons (Fsp3) is 0.500. The van der Waals surface area contributed by atoms with Crippen LogP contribution in [0, 0.1) is 11.6 Å². The molecule has 0 fully saturated rings. The lowest BCUT2D eigenvalue weighted by Gasteiger charge is -2.27. The minimum absolute atomic E-state index is 0.535. The van der Waals surface area contributed by atoms with Crippen molar-refractivity contribution in [2.75, 3.05) is 0 Å². The van der Waals surface area contributed by atoms with Crippen LogP contribution in [-0.2, 0) is 11.4 Å². The zero-order valence-electron chi connectivity index (χ0n) is 10.7. The normalized spacial score (nSPS) is 15.6. The van der Waals surface area contributed by atoms with E-state index in [9.17, 15) is 22.1 Å². The van der Waals surface area contributed by atoms with Crippen molar-refractivity contribution in [3.8, 4) is 0 Å². The lowest BCUT2D eigenvalue weighted by molar-refractivity contribution is 0.107. The molecule has 0 bridgehead atoms. The van der Waals surface area contributed by atoms with Crippen LogP contribution in [0.3, 0.4) is 0 Å². The Morgan fingerprint density at radius 3 is 2.26 bits per heavy atom. The molecule has 1 N–H and O–H groups in total. The third kappa shape index (κ3) is 4.36. The molecule has 19 heavy (non-hydrogen) atoms. The summed E-state index contributed by atoms with van der Waals surface area (Å²) in [6.45, 7) is 4.75. The first kappa shape index (κ1) is 16.3. The summed E-state index contributed by atoms with van der Waals surface area (Å²) in [5.74, 6) is -1.80. The zero-order valence-corrected chi connectivity index (χ0v) is 11.5. The Bertz CT molecular complexity index is 436. The minimum Gasteiger partial charge on any atom is -0.598 e. The van der Waals surface area contributed by atoms with Crippen LogP contribution in [0.5, 0.6) is 0 Å². The second-order valence-corrected chi connectivity index (χ2v) is 6.97. The molecule has 0 saturated heterocycles. The van der Waals surface area contributed by atoms with Gasteiger partial charge in [-0.2, -0.15) is 0 Å². The van der Waals surface area contributed by atoms with E-state index in [1.165, 1.54) is 0 Å². The Morgan fingerprint density at radius 2 is 1.79 bits per heavy atom. The highest BCUT2D eigenvalue weighted by atomic mass is 32.2. The molecular formula is C12H15F4NOS. The zero-order chi connectivity index (χ0) is 14.8. The molecule has 0 saturated carbocycles. The van der Waals surface area contributed by atoms with Crippen molar-refractivity contribution in [1.82, 2.24) is 4.72 Å². The first-order chi connectivity index (χ1) is 8.62. The number of hydrogen-bond donors (Lipinski definition) is 1. The molecule has 108 valence electrons. The van der Waals surface area contributed by atoms with Crippen LogP contribution >= 0.6 is 0 Å². The molecule has 0 aliphatic heterocycles. The van der Waals surface area contributed by atoms with Gasteiger partial charge < -0.3 is 4.55 Å². The average molecular weight is 297 g/mol. The number of rotatable bonds is 4. The lowest BCUT2D eigenvalue weighted by atomic mass is 10.1. The van der Waals surface area contributed by atoms with Gasteiger partial charge in [0.05, 0.1) is 0 Å². The van der Waals surface area contributed by atoms with Gasteiger partial charge >= 0.3 is 0 Å². The maximum absolute atomic E-state index is 13.5. The van der Waals surface area contributed by atoms with Crippen molar-refractivity contribution in [3.63, 3.8) is 0 Å². The molecule has 0 spiro atoms. The smallest absolute Gasteiger partial charge is 0.262 e. The van der Waals surface area contributed by atoms with E-state index in [1.54, 1.807) is 20.8 Å². The van der Waals surface area contributed by atoms with E-state index in [-0.39, 0.29) is 0 Å². The summed E-state index contributed by atoms with van der Waals surface area (Å²) in [6, 6.07) is 0.457. The van der Waals surface area contributed by atoms with E-state index in [0.29, 0.717) is 6.07 Å². The summed E-state index contributed by atoms with van der Waals surface area (Å²) in [7, 11) is 0. The van der Waals surface area contributed by atoms with Gasteiger partial charge in [0.25, 0.3) is 6.43 Å². The summed E-state index contributed by atoms with van der Waals surface area (Å²) < 4.78 is 65.6. The maximum atomic E-state index is 13.5. The standard InChI is InChI=1S/C12H15F4NOS/c1-12(2,3)19(18)17-10(11(15)16)8-6-7(13)4-5-9(8)14/h4-6,10-11,17H,1-3H3/t10?,19-/m1/s1. The van der Waals surface area contributed by atoms with Gasteiger partial charge in [-0.05, 0) is 39.0 Å². The fourth-order valence-electron chi connectivity index (χ4n) is 1.30. The number of nitrogens with one attached hydrogen (secondary N) is 1. The molecule has 1 rings (SSSR count). The molecule has 2 atom stereocenters. The van der Waals surface area contributed by atoms with Crippen molar-refractivity contribution in [3.05, 3.63) is 35.4 Å². The van der Waals surface area contributed by atoms with Gasteiger partial charge in [0.1, 0.15) is 22.4 Å². The van der Waals surface area contributed by atoms with E-state index < -0.39 is 45.8 Å². The van der Waals surface area contributed by atoms with Gasteiger partial charge in [-0.1, -0.05) is 0 Å². The average Bonchev–Trinajstić information content (AvgIpc) is 2.27. The summed E-state index contributed by atoms with van der Waals surface area (Å²) in [6.07, 6.45) is -3.01.